The number of hydrogen-bond donors (Lipinski definition) is 2. The van der Waals surface area contributed by atoms with Crippen LogP contribution < -0.4 is 15.4 Å². The molecular weight excluding hydrogens is 570 g/mol. The molecule has 2 amide bonds. The summed E-state index contributed by atoms with van der Waals surface area (Å²) in [5.41, 5.74) is 1.20. The zero-order valence-electron chi connectivity index (χ0n) is 19.7. The first-order chi connectivity index (χ1) is 18.8. The molecule has 0 saturated heterocycles. The van der Waals surface area contributed by atoms with Crippen molar-refractivity contribution in [2.24, 2.45) is 4.99 Å². The minimum atomic E-state index is -1.46. The number of carbonyl (C=O) groups is 2. The highest BCUT2D eigenvalue weighted by molar-refractivity contribution is 6.44. The van der Waals surface area contributed by atoms with Crippen LogP contribution in [0.4, 0.5) is 10.1 Å². The van der Waals surface area contributed by atoms with E-state index >= 15 is 0 Å². The predicted molar refractivity (Wildman–Crippen MR) is 144 cm³/mol. The zero-order valence-corrected chi connectivity index (χ0v) is 21.9. The van der Waals surface area contributed by atoms with Gasteiger partial charge in [-0.2, -0.15) is 0 Å². The minimum absolute atomic E-state index is 0.130. The number of aromatic nitrogens is 3. The molecule has 196 valence electrons. The van der Waals surface area contributed by atoms with Crippen molar-refractivity contribution < 1.29 is 18.7 Å². The first kappa shape index (κ1) is 26.5. The van der Waals surface area contributed by atoms with E-state index in [2.05, 4.69) is 30.6 Å². The van der Waals surface area contributed by atoms with Crippen LogP contribution in [0.5, 0.6) is 5.88 Å². The largest absolute Gasteiger partial charge is 0.469 e. The van der Waals surface area contributed by atoms with Gasteiger partial charge in [0.1, 0.15) is 18.0 Å². The number of rotatable bonds is 6. The van der Waals surface area contributed by atoms with Crippen LogP contribution in [0, 0.1) is 5.82 Å². The fraction of sp³-hybridized carbons (Fsp3) is 0.0769. The molecule has 5 rings (SSSR count). The molecule has 9 nitrogen and oxygen atoms in total. The van der Waals surface area contributed by atoms with Gasteiger partial charge in [0.25, 0.3) is 11.8 Å². The molecule has 4 aromatic rings. The summed E-state index contributed by atoms with van der Waals surface area (Å²) in [4.78, 5) is 42.9. The lowest BCUT2D eigenvalue weighted by Gasteiger charge is -2.16. The van der Waals surface area contributed by atoms with Crippen LogP contribution >= 0.6 is 34.8 Å². The summed E-state index contributed by atoms with van der Waals surface area (Å²) in [5.74, 6) is -2.18. The highest BCUT2D eigenvalue weighted by Gasteiger charge is 2.30. The molecule has 1 aliphatic rings. The van der Waals surface area contributed by atoms with E-state index in [0.717, 1.165) is 12.3 Å². The topological polar surface area (TPSA) is 118 Å². The Bertz CT molecular complexity index is 1600. The number of para-hydroxylation sites is 1. The Labute approximate surface area is 236 Å². The molecular formula is C26H16Cl3FN6O3. The van der Waals surface area contributed by atoms with Crippen LogP contribution in [0.15, 0.2) is 72.1 Å². The molecule has 0 fully saturated rings. The summed E-state index contributed by atoms with van der Waals surface area (Å²) in [6.45, 7) is -0.130. The quantitative estimate of drug-likeness (QED) is 0.325. The Balaban J connectivity index is 1.51. The lowest BCUT2D eigenvalue weighted by Crippen LogP contribution is -2.42. The first-order valence-corrected chi connectivity index (χ1v) is 12.4. The van der Waals surface area contributed by atoms with Gasteiger partial charge in [0.2, 0.25) is 12.0 Å². The molecule has 2 aromatic carbocycles. The number of fused-ring (bicyclic) bond motifs is 1. The SMILES string of the molecule is O=C(NC1N=C(c2c(Cl)cc(Cl)cc2Cl)c2ccccc2NC1=O)c1cc(F)cnc1OCc1ncccn1. The van der Waals surface area contributed by atoms with Crippen molar-refractivity contribution in [1.29, 1.82) is 0 Å². The van der Waals surface area contributed by atoms with E-state index in [0.29, 0.717) is 27.7 Å². The smallest absolute Gasteiger partial charge is 0.269 e. The van der Waals surface area contributed by atoms with Gasteiger partial charge >= 0.3 is 0 Å². The number of benzene rings is 2. The number of nitrogens with zero attached hydrogens (tertiary/aromatic N) is 4. The fourth-order valence-corrected chi connectivity index (χ4v) is 4.76. The fourth-order valence-electron chi connectivity index (χ4n) is 3.77. The van der Waals surface area contributed by atoms with Crippen LogP contribution in [-0.2, 0) is 11.4 Å². The molecule has 1 atom stereocenters. The number of benzodiazepines with no additional fused rings is 1. The molecule has 0 saturated carbocycles. The van der Waals surface area contributed by atoms with Gasteiger partial charge in [0.15, 0.2) is 5.82 Å². The van der Waals surface area contributed by atoms with Crippen molar-refractivity contribution in [2.75, 3.05) is 5.32 Å². The number of anilines is 1. The van der Waals surface area contributed by atoms with E-state index in [9.17, 15) is 14.0 Å². The lowest BCUT2D eigenvalue weighted by atomic mass is 10.0. The monoisotopic (exact) mass is 584 g/mol. The van der Waals surface area contributed by atoms with Crippen LogP contribution in [0.1, 0.15) is 27.3 Å². The van der Waals surface area contributed by atoms with E-state index in [1.807, 2.05) is 0 Å². The van der Waals surface area contributed by atoms with E-state index in [1.165, 1.54) is 24.5 Å². The second-order valence-electron chi connectivity index (χ2n) is 8.09. The summed E-state index contributed by atoms with van der Waals surface area (Å²) >= 11 is 19.0. The van der Waals surface area contributed by atoms with E-state index in [4.69, 9.17) is 39.5 Å². The number of amides is 2. The third-order valence-electron chi connectivity index (χ3n) is 5.48. The summed E-state index contributed by atoms with van der Waals surface area (Å²) < 4.78 is 19.7. The standard InChI is InChI=1S/C26H16Cl3FN6O3/c27-13-8-17(28)21(18(29)9-13)22-15-4-1-2-5-19(15)34-25(38)23(35-22)36-24(37)16-10-14(30)11-33-26(16)39-12-20-31-6-3-7-32-20/h1-11,23H,12H2,(H,34,38)(H,36,37). The minimum Gasteiger partial charge on any atom is -0.469 e. The van der Waals surface area contributed by atoms with Gasteiger partial charge in [0.05, 0.1) is 27.6 Å². The summed E-state index contributed by atoms with van der Waals surface area (Å²) in [5, 5.41) is 5.93. The van der Waals surface area contributed by atoms with Gasteiger partial charge in [-0.25, -0.2) is 24.3 Å². The Morgan fingerprint density at radius 3 is 2.49 bits per heavy atom. The van der Waals surface area contributed by atoms with Gasteiger partial charge in [-0.15, -0.1) is 0 Å². The summed E-state index contributed by atoms with van der Waals surface area (Å²) in [7, 11) is 0. The molecule has 3 heterocycles. The number of aliphatic imine (C=N–C) groups is 1. The third kappa shape index (κ3) is 5.83. The molecule has 0 bridgehead atoms. The zero-order chi connectivity index (χ0) is 27.5. The number of halogens is 4. The van der Waals surface area contributed by atoms with E-state index < -0.39 is 23.8 Å². The van der Waals surface area contributed by atoms with Crippen LogP contribution in [0.25, 0.3) is 0 Å². The molecule has 0 aliphatic carbocycles. The van der Waals surface area contributed by atoms with Crippen molar-refractivity contribution in [3.05, 3.63) is 111 Å². The number of ether oxygens (including phenoxy) is 1. The van der Waals surface area contributed by atoms with Crippen LogP contribution in [0.2, 0.25) is 15.1 Å². The van der Waals surface area contributed by atoms with Gasteiger partial charge in [-0.3, -0.25) is 9.59 Å². The molecule has 0 radical (unpaired) electrons. The van der Waals surface area contributed by atoms with Crippen molar-refractivity contribution in [2.45, 2.75) is 12.8 Å². The maximum absolute atomic E-state index is 14.1. The van der Waals surface area contributed by atoms with Crippen LogP contribution in [-0.4, -0.2) is 38.6 Å². The lowest BCUT2D eigenvalue weighted by molar-refractivity contribution is -0.117. The Morgan fingerprint density at radius 2 is 1.74 bits per heavy atom. The molecule has 39 heavy (non-hydrogen) atoms. The average Bonchev–Trinajstić information content (AvgIpc) is 3.04. The van der Waals surface area contributed by atoms with Crippen molar-refractivity contribution in [3.63, 3.8) is 0 Å². The second kappa shape index (κ2) is 11.3. The molecule has 1 aliphatic heterocycles. The Hall–Kier alpha value is -4.12. The maximum Gasteiger partial charge on any atom is 0.269 e. The molecule has 1 unspecified atom stereocenters. The number of hydrogen-bond acceptors (Lipinski definition) is 7. The van der Waals surface area contributed by atoms with Crippen LogP contribution in [0.3, 0.4) is 0 Å². The molecule has 2 N–H and O–H groups in total. The highest BCUT2D eigenvalue weighted by atomic mass is 35.5. The summed E-state index contributed by atoms with van der Waals surface area (Å²) in [6.07, 6.45) is 2.48. The molecule has 2 aromatic heterocycles. The maximum atomic E-state index is 14.1. The van der Waals surface area contributed by atoms with E-state index in [-0.39, 0.29) is 33.8 Å². The van der Waals surface area contributed by atoms with Gasteiger partial charge < -0.3 is 15.4 Å². The molecule has 0 spiro atoms. The van der Waals surface area contributed by atoms with Gasteiger partial charge in [-0.05, 0) is 30.3 Å². The number of carbonyl (C=O) groups excluding carboxylic acids is 2. The normalized spacial score (nSPS) is 14.5. The first-order valence-electron chi connectivity index (χ1n) is 11.3. The molecule has 13 heteroatoms. The van der Waals surface area contributed by atoms with Crippen molar-refractivity contribution in [3.8, 4) is 5.88 Å². The van der Waals surface area contributed by atoms with Gasteiger partial charge in [0, 0.05) is 28.5 Å². The number of pyridine rings is 1. The van der Waals surface area contributed by atoms with E-state index in [1.54, 1.807) is 30.3 Å². The van der Waals surface area contributed by atoms with Gasteiger partial charge in [-0.1, -0.05) is 53.0 Å². The second-order valence-corrected chi connectivity index (χ2v) is 9.34. The Kier molecular flexibility index (Phi) is 7.69. The average molecular weight is 586 g/mol. The summed E-state index contributed by atoms with van der Waals surface area (Å²) in [6, 6.07) is 12.4. The van der Waals surface area contributed by atoms with Crippen molar-refractivity contribution in [1.82, 2.24) is 20.3 Å². The third-order valence-corrected chi connectivity index (χ3v) is 6.29. The van der Waals surface area contributed by atoms with Crippen molar-refractivity contribution >= 4 is 58.0 Å². The Morgan fingerprint density at radius 1 is 1.03 bits per heavy atom. The highest BCUT2D eigenvalue weighted by Crippen LogP contribution is 2.34. The predicted octanol–water partition coefficient (Wildman–Crippen LogP) is 5.10. The number of nitrogens with one attached hydrogen (secondary N) is 2.